The summed E-state index contributed by atoms with van der Waals surface area (Å²) >= 11 is 0. The van der Waals surface area contributed by atoms with Crippen LogP contribution in [0.1, 0.15) is 46.0 Å². The summed E-state index contributed by atoms with van der Waals surface area (Å²) in [5.74, 6) is -0.131. The van der Waals surface area contributed by atoms with Crippen LogP contribution in [0.25, 0.3) is 0 Å². The Hall–Kier alpha value is -0.860. The smallest absolute Gasteiger partial charge is 0.280 e. The molecule has 0 aromatic heterocycles. The highest BCUT2D eigenvalue weighted by molar-refractivity contribution is 7.87. The third-order valence-corrected chi connectivity index (χ3v) is 5.39. The zero-order valence-corrected chi connectivity index (χ0v) is 12.4. The van der Waals surface area contributed by atoms with E-state index in [0.29, 0.717) is 19.5 Å². The molecule has 0 aliphatic carbocycles. The van der Waals surface area contributed by atoms with Crippen LogP contribution in [0.5, 0.6) is 0 Å². The molecule has 4 N–H and O–H groups in total. The second-order valence-corrected chi connectivity index (χ2v) is 6.76. The molecule has 0 aromatic rings. The summed E-state index contributed by atoms with van der Waals surface area (Å²) in [7, 11) is -3.62. The van der Waals surface area contributed by atoms with Gasteiger partial charge in [-0.25, -0.2) is 0 Å². The van der Waals surface area contributed by atoms with E-state index < -0.39 is 15.7 Å². The second kappa shape index (κ2) is 6.53. The molecule has 1 unspecified atom stereocenters. The number of amidine groups is 1. The monoisotopic (exact) mass is 292 g/mol. The summed E-state index contributed by atoms with van der Waals surface area (Å²) in [6.07, 6.45) is 4.24. The largest absolute Gasteiger partial charge is 0.409 e. The molecule has 1 atom stereocenters. The first-order chi connectivity index (χ1) is 8.85. The molecule has 1 aliphatic rings. The molecular formula is C11H24N4O3S. The van der Waals surface area contributed by atoms with Crippen LogP contribution in [0.4, 0.5) is 0 Å². The van der Waals surface area contributed by atoms with Gasteiger partial charge in [0.2, 0.25) is 0 Å². The molecule has 112 valence electrons. The van der Waals surface area contributed by atoms with Crippen LogP contribution in [0.3, 0.4) is 0 Å². The molecule has 0 aromatic carbocycles. The summed E-state index contributed by atoms with van der Waals surface area (Å²) < 4.78 is 28.7. The first-order valence-electron chi connectivity index (χ1n) is 6.63. The maximum atomic E-state index is 12.4. The Morgan fingerprint density at radius 2 is 1.89 bits per heavy atom. The Morgan fingerprint density at radius 1 is 1.37 bits per heavy atom. The van der Waals surface area contributed by atoms with Crippen LogP contribution < -0.4 is 10.5 Å². The van der Waals surface area contributed by atoms with Crippen molar-refractivity contribution in [1.29, 1.82) is 0 Å². The normalized spacial score (nSPS) is 22.7. The number of rotatable bonds is 5. The van der Waals surface area contributed by atoms with Gasteiger partial charge in [-0.2, -0.15) is 17.4 Å². The Kier molecular flexibility index (Phi) is 5.57. The van der Waals surface area contributed by atoms with Crippen molar-refractivity contribution in [1.82, 2.24) is 9.03 Å². The van der Waals surface area contributed by atoms with Crippen LogP contribution in [-0.2, 0) is 10.2 Å². The molecular weight excluding hydrogens is 268 g/mol. The highest BCUT2D eigenvalue weighted by Crippen LogP contribution is 2.17. The lowest BCUT2D eigenvalue weighted by Crippen LogP contribution is -2.58. The third kappa shape index (κ3) is 4.05. The summed E-state index contributed by atoms with van der Waals surface area (Å²) in [6.45, 7) is 4.43. The van der Waals surface area contributed by atoms with Gasteiger partial charge < -0.3 is 10.9 Å². The lowest BCUT2D eigenvalue weighted by Gasteiger charge is -2.31. The van der Waals surface area contributed by atoms with Crippen LogP contribution >= 0.6 is 0 Å². The molecule has 0 bridgehead atoms. The predicted molar refractivity (Wildman–Crippen MR) is 74.2 cm³/mol. The van der Waals surface area contributed by atoms with Crippen molar-refractivity contribution >= 4 is 16.0 Å². The number of nitrogens with zero attached hydrogens (tertiary/aromatic N) is 2. The molecule has 0 amide bonds. The second-order valence-electron chi connectivity index (χ2n) is 5.09. The summed E-state index contributed by atoms with van der Waals surface area (Å²) in [4.78, 5) is 0. The van der Waals surface area contributed by atoms with Crippen LogP contribution in [0.15, 0.2) is 5.16 Å². The average molecular weight is 292 g/mol. The summed E-state index contributed by atoms with van der Waals surface area (Å²) in [6, 6.07) is 0. The quantitative estimate of drug-likeness (QED) is 0.298. The van der Waals surface area contributed by atoms with E-state index in [1.807, 2.05) is 0 Å². The van der Waals surface area contributed by atoms with Gasteiger partial charge in [0.1, 0.15) is 0 Å². The minimum Gasteiger partial charge on any atom is -0.409 e. The van der Waals surface area contributed by atoms with Crippen molar-refractivity contribution in [3.63, 3.8) is 0 Å². The lowest BCUT2D eigenvalue weighted by atomic mass is 10.00. The van der Waals surface area contributed by atoms with E-state index in [2.05, 4.69) is 9.88 Å². The van der Waals surface area contributed by atoms with Crippen molar-refractivity contribution in [3.8, 4) is 0 Å². The van der Waals surface area contributed by atoms with Crippen molar-refractivity contribution < 1.29 is 13.6 Å². The van der Waals surface area contributed by atoms with Gasteiger partial charge in [-0.05, 0) is 26.2 Å². The Morgan fingerprint density at radius 3 is 2.32 bits per heavy atom. The zero-order valence-electron chi connectivity index (χ0n) is 11.6. The zero-order chi connectivity index (χ0) is 14.5. The molecule has 1 aliphatic heterocycles. The number of oxime groups is 1. The molecule has 7 nitrogen and oxygen atoms in total. The Balaban J connectivity index is 2.88. The van der Waals surface area contributed by atoms with Gasteiger partial charge in [0, 0.05) is 13.1 Å². The van der Waals surface area contributed by atoms with E-state index in [1.54, 1.807) is 13.8 Å². The molecule has 1 saturated heterocycles. The molecule has 0 spiro atoms. The van der Waals surface area contributed by atoms with Gasteiger partial charge in [0.15, 0.2) is 5.84 Å². The number of hydrogen-bond donors (Lipinski definition) is 3. The number of nitrogens with two attached hydrogens (primary N) is 1. The van der Waals surface area contributed by atoms with Crippen molar-refractivity contribution in [2.45, 2.75) is 51.5 Å². The van der Waals surface area contributed by atoms with Gasteiger partial charge in [-0.15, -0.1) is 0 Å². The number of nitrogens with one attached hydrogen (secondary N) is 1. The van der Waals surface area contributed by atoms with Gasteiger partial charge in [0.05, 0.1) is 5.54 Å². The van der Waals surface area contributed by atoms with Crippen LogP contribution in [0.2, 0.25) is 0 Å². The Bertz CT molecular complexity index is 416. The standard InChI is InChI=1S/C11H24N4O3S/c1-3-11(2,10(12)13-16)14-19(17,18)15-8-6-4-5-7-9-15/h14,16H,3-9H2,1-2H3,(H2,12,13). The fourth-order valence-corrected chi connectivity index (χ4v) is 3.73. The molecule has 1 rings (SSSR count). The SMILES string of the molecule is CCC(C)(NS(=O)(=O)N1CCCCCC1)/C(N)=N/O. The van der Waals surface area contributed by atoms with E-state index in [-0.39, 0.29) is 5.84 Å². The van der Waals surface area contributed by atoms with Crippen molar-refractivity contribution in [2.75, 3.05) is 13.1 Å². The number of hydrogen-bond acceptors (Lipinski definition) is 4. The molecule has 8 heteroatoms. The fourth-order valence-electron chi connectivity index (χ4n) is 2.05. The van der Waals surface area contributed by atoms with Gasteiger partial charge in [-0.3, -0.25) is 0 Å². The minimum atomic E-state index is -3.62. The van der Waals surface area contributed by atoms with Crippen LogP contribution in [-0.4, -0.2) is 42.4 Å². The van der Waals surface area contributed by atoms with E-state index in [0.717, 1.165) is 25.7 Å². The van der Waals surface area contributed by atoms with Crippen molar-refractivity contribution in [2.24, 2.45) is 10.9 Å². The maximum Gasteiger partial charge on any atom is 0.280 e. The first kappa shape index (κ1) is 16.2. The van der Waals surface area contributed by atoms with Gasteiger partial charge in [-0.1, -0.05) is 24.9 Å². The molecule has 1 fully saturated rings. The molecule has 0 radical (unpaired) electrons. The van der Waals surface area contributed by atoms with Gasteiger partial charge >= 0.3 is 0 Å². The predicted octanol–water partition coefficient (Wildman–Crippen LogP) is 0.612. The fraction of sp³-hybridized carbons (Fsp3) is 0.909. The van der Waals surface area contributed by atoms with E-state index in [1.165, 1.54) is 4.31 Å². The van der Waals surface area contributed by atoms with E-state index in [9.17, 15) is 8.42 Å². The Labute approximate surface area is 115 Å². The molecule has 19 heavy (non-hydrogen) atoms. The highest BCUT2D eigenvalue weighted by Gasteiger charge is 2.35. The molecule has 1 heterocycles. The van der Waals surface area contributed by atoms with Crippen molar-refractivity contribution in [3.05, 3.63) is 0 Å². The summed E-state index contributed by atoms with van der Waals surface area (Å²) in [5, 5.41) is 11.7. The minimum absolute atomic E-state index is 0.131. The maximum absolute atomic E-state index is 12.4. The van der Waals surface area contributed by atoms with E-state index >= 15 is 0 Å². The first-order valence-corrected chi connectivity index (χ1v) is 8.07. The molecule has 0 saturated carbocycles. The average Bonchev–Trinajstić information content (AvgIpc) is 2.66. The van der Waals surface area contributed by atoms with Gasteiger partial charge in [0.25, 0.3) is 10.2 Å². The van der Waals surface area contributed by atoms with E-state index in [4.69, 9.17) is 10.9 Å². The summed E-state index contributed by atoms with van der Waals surface area (Å²) in [5.41, 5.74) is 4.51. The lowest BCUT2D eigenvalue weighted by molar-refractivity contribution is 0.309. The van der Waals surface area contributed by atoms with Crippen LogP contribution in [0, 0.1) is 0 Å². The third-order valence-electron chi connectivity index (χ3n) is 3.64. The highest BCUT2D eigenvalue weighted by atomic mass is 32.2. The topological polar surface area (TPSA) is 108 Å².